The molecule has 0 spiro atoms. The molecule has 0 aliphatic carbocycles. The van der Waals surface area contributed by atoms with Crippen LogP contribution in [0.3, 0.4) is 0 Å². The second-order valence-corrected chi connectivity index (χ2v) is 16.7. The number of carbonyl (C=O) groups excluding carboxylic acids is 1. The lowest BCUT2D eigenvalue weighted by molar-refractivity contribution is -0.143. The number of amides is 1. The molecular formula is C29H34F7NOSi. The van der Waals surface area contributed by atoms with Gasteiger partial charge in [-0.05, 0) is 28.6 Å². The normalized spacial score (nSPS) is 13.0. The number of benzene rings is 2. The van der Waals surface area contributed by atoms with Crippen molar-refractivity contribution in [2.45, 2.75) is 83.2 Å². The highest BCUT2D eigenvalue weighted by atomic mass is 28.3. The van der Waals surface area contributed by atoms with E-state index in [1.807, 2.05) is 0 Å². The average molecular weight is 574 g/mol. The Morgan fingerprint density at radius 1 is 0.821 bits per heavy atom. The molecule has 0 aliphatic rings. The van der Waals surface area contributed by atoms with Crippen molar-refractivity contribution in [3.05, 3.63) is 64.7 Å². The summed E-state index contributed by atoms with van der Waals surface area (Å²) in [4.78, 5) is 13.1. The molecule has 0 aromatic heterocycles. The van der Waals surface area contributed by atoms with E-state index >= 15 is 0 Å². The van der Waals surface area contributed by atoms with Gasteiger partial charge >= 0.3 is 6.18 Å². The Hall–Kier alpha value is -2.80. The van der Waals surface area contributed by atoms with E-state index < -0.39 is 60.6 Å². The molecule has 39 heavy (non-hydrogen) atoms. The first kappa shape index (κ1) is 32.4. The summed E-state index contributed by atoms with van der Waals surface area (Å²) in [5.41, 5.74) is -2.27. The molecule has 10 heteroatoms. The predicted octanol–water partition coefficient (Wildman–Crippen LogP) is 9.13. The molecule has 2 aromatic carbocycles. The van der Waals surface area contributed by atoms with E-state index in [0.717, 1.165) is 0 Å². The zero-order valence-corrected chi connectivity index (χ0v) is 23.9. The summed E-state index contributed by atoms with van der Waals surface area (Å²) in [6.07, 6.45) is -5.63. The van der Waals surface area contributed by atoms with E-state index in [2.05, 4.69) is 53.4 Å². The number of carbonyl (C=O) groups is 1. The molecule has 0 radical (unpaired) electrons. The molecule has 2 aromatic rings. The zero-order valence-electron chi connectivity index (χ0n) is 22.9. The van der Waals surface area contributed by atoms with Crippen LogP contribution in [0.2, 0.25) is 22.7 Å². The van der Waals surface area contributed by atoms with Gasteiger partial charge in [-0.15, -0.1) is 11.8 Å². The van der Waals surface area contributed by atoms with Gasteiger partial charge in [0.1, 0.15) is 11.3 Å². The lowest BCUT2D eigenvalue weighted by Gasteiger charge is -2.42. The van der Waals surface area contributed by atoms with Crippen molar-refractivity contribution in [1.29, 1.82) is 0 Å². The van der Waals surface area contributed by atoms with Crippen molar-refractivity contribution < 1.29 is 35.5 Å². The minimum absolute atomic E-state index is 0.0334. The fraction of sp³-hybridized carbons (Fsp3) is 0.483. The maximum atomic E-state index is 14.4. The molecular weight excluding hydrogens is 539 g/mol. The van der Waals surface area contributed by atoms with Gasteiger partial charge in [0, 0.05) is 12.5 Å². The van der Waals surface area contributed by atoms with Crippen LogP contribution < -0.4 is 5.32 Å². The molecule has 2 rings (SSSR count). The van der Waals surface area contributed by atoms with Gasteiger partial charge in [0.15, 0.2) is 23.3 Å². The Balaban J connectivity index is 2.41. The lowest BCUT2D eigenvalue weighted by atomic mass is 9.95. The van der Waals surface area contributed by atoms with Crippen LogP contribution in [0.4, 0.5) is 36.4 Å². The fourth-order valence-corrected chi connectivity index (χ4v) is 11.1. The molecule has 1 N–H and O–H groups in total. The molecule has 0 heterocycles. The van der Waals surface area contributed by atoms with Gasteiger partial charge in [-0.1, -0.05) is 71.9 Å². The van der Waals surface area contributed by atoms with Crippen LogP contribution in [0.25, 0.3) is 0 Å². The zero-order chi connectivity index (χ0) is 29.7. The number of nitrogens with one attached hydrogen (secondary N) is 1. The largest absolute Gasteiger partial charge is 0.422 e. The third kappa shape index (κ3) is 7.24. The standard InChI is InChI=1S/C29H34F7NOSi/c1-17(2)39(18(3)4,19(5)6)15-11-10-14-21(16-20-12-8-7-9-13-20)28(38)37-27-25(32)23(30)22(29(34,35)36)24(31)26(27)33/h7-9,12-13,17-19,21H,14-16H2,1-6H3,(H,37,38). The van der Waals surface area contributed by atoms with E-state index in [1.165, 1.54) is 0 Å². The van der Waals surface area contributed by atoms with Crippen LogP contribution in [-0.4, -0.2) is 14.0 Å². The minimum Gasteiger partial charge on any atom is -0.321 e. The highest BCUT2D eigenvalue weighted by Crippen LogP contribution is 2.44. The first-order valence-electron chi connectivity index (χ1n) is 12.8. The molecule has 214 valence electrons. The molecule has 2 nitrogen and oxygen atoms in total. The highest BCUT2D eigenvalue weighted by molar-refractivity contribution is 6.84. The SMILES string of the molecule is CC(C)[Si](CC#CCC(Cc1ccccc1)C(=O)Nc1c(F)c(F)c(C(F)(F)F)c(F)c1F)(C(C)C)C(C)C. The Morgan fingerprint density at radius 3 is 1.74 bits per heavy atom. The summed E-state index contributed by atoms with van der Waals surface area (Å²) in [6, 6.07) is 9.33. The van der Waals surface area contributed by atoms with Crippen molar-refractivity contribution in [3.63, 3.8) is 0 Å². The molecule has 0 saturated heterocycles. The summed E-state index contributed by atoms with van der Waals surface area (Å²) in [5, 5.41) is 1.78. The average Bonchev–Trinajstić information content (AvgIpc) is 2.83. The maximum Gasteiger partial charge on any atom is 0.422 e. The van der Waals surface area contributed by atoms with Gasteiger partial charge in [-0.2, -0.15) is 13.2 Å². The number of rotatable bonds is 9. The third-order valence-corrected chi connectivity index (χ3v) is 14.8. The van der Waals surface area contributed by atoms with Gasteiger partial charge < -0.3 is 5.32 Å². The summed E-state index contributed by atoms with van der Waals surface area (Å²) in [6.45, 7) is 13.1. The van der Waals surface area contributed by atoms with E-state index in [4.69, 9.17) is 0 Å². The van der Waals surface area contributed by atoms with E-state index in [0.29, 0.717) is 28.2 Å². The molecule has 0 bridgehead atoms. The molecule has 1 unspecified atom stereocenters. The van der Waals surface area contributed by atoms with E-state index in [-0.39, 0.29) is 12.8 Å². The Morgan fingerprint density at radius 2 is 1.31 bits per heavy atom. The van der Waals surface area contributed by atoms with Crippen molar-refractivity contribution in [2.75, 3.05) is 5.32 Å². The minimum atomic E-state index is -5.68. The summed E-state index contributed by atoms with van der Waals surface area (Å²) in [5.74, 6) is -5.73. The number of hydrogen-bond acceptors (Lipinski definition) is 1. The molecule has 1 atom stereocenters. The van der Waals surface area contributed by atoms with Gasteiger partial charge in [-0.3, -0.25) is 4.79 Å². The van der Waals surface area contributed by atoms with Crippen molar-refractivity contribution in [3.8, 4) is 11.8 Å². The van der Waals surface area contributed by atoms with Crippen LogP contribution in [0, 0.1) is 41.0 Å². The van der Waals surface area contributed by atoms with Gasteiger partial charge in [0.2, 0.25) is 5.91 Å². The second-order valence-electron chi connectivity index (χ2n) is 10.7. The number of halogens is 7. The second kappa shape index (κ2) is 13.0. The predicted molar refractivity (Wildman–Crippen MR) is 142 cm³/mol. The van der Waals surface area contributed by atoms with Crippen LogP contribution >= 0.6 is 0 Å². The van der Waals surface area contributed by atoms with Crippen molar-refractivity contribution >= 4 is 19.7 Å². The van der Waals surface area contributed by atoms with Gasteiger partial charge in [0.05, 0.1) is 14.0 Å². The molecule has 0 aliphatic heterocycles. The molecule has 0 saturated carbocycles. The summed E-state index contributed by atoms with van der Waals surface area (Å²) < 4.78 is 95.8. The van der Waals surface area contributed by atoms with Crippen LogP contribution in [0.15, 0.2) is 30.3 Å². The van der Waals surface area contributed by atoms with E-state index in [9.17, 15) is 35.5 Å². The molecule has 1 amide bonds. The molecule has 0 fully saturated rings. The quantitative estimate of drug-likeness (QED) is 0.138. The van der Waals surface area contributed by atoms with Crippen LogP contribution in [0.1, 0.15) is 59.1 Å². The van der Waals surface area contributed by atoms with Crippen LogP contribution in [0.5, 0.6) is 0 Å². The Kier molecular flexibility index (Phi) is 10.8. The first-order chi connectivity index (χ1) is 18.1. The number of alkyl halides is 3. The topological polar surface area (TPSA) is 29.1 Å². The van der Waals surface area contributed by atoms with Crippen molar-refractivity contribution in [2.24, 2.45) is 5.92 Å². The summed E-state index contributed by atoms with van der Waals surface area (Å²) in [7, 11) is -1.86. The Labute approximate surface area is 226 Å². The van der Waals surface area contributed by atoms with E-state index in [1.54, 1.807) is 35.6 Å². The third-order valence-electron chi connectivity index (χ3n) is 7.58. The smallest absolute Gasteiger partial charge is 0.321 e. The monoisotopic (exact) mass is 573 g/mol. The van der Waals surface area contributed by atoms with Crippen molar-refractivity contribution in [1.82, 2.24) is 0 Å². The number of anilines is 1. The lowest BCUT2D eigenvalue weighted by Crippen LogP contribution is -2.43. The first-order valence-corrected chi connectivity index (χ1v) is 15.2. The maximum absolute atomic E-state index is 14.4. The highest BCUT2D eigenvalue weighted by Gasteiger charge is 2.43. The summed E-state index contributed by atoms with van der Waals surface area (Å²) >= 11 is 0. The van der Waals surface area contributed by atoms with Crippen LogP contribution in [-0.2, 0) is 17.4 Å². The van der Waals surface area contributed by atoms with Gasteiger partial charge in [-0.25, -0.2) is 17.6 Å². The fourth-order valence-electron chi connectivity index (χ4n) is 5.40. The van der Waals surface area contributed by atoms with Gasteiger partial charge in [0.25, 0.3) is 0 Å². The number of hydrogen-bond donors (Lipinski definition) is 1. The Bertz CT molecular complexity index is 1160.